The fourth-order valence-corrected chi connectivity index (χ4v) is 6.88. The number of hydrogen-bond donors (Lipinski definition) is 6. The quantitative estimate of drug-likeness (QED) is 0.0448. The fourth-order valence-electron chi connectivity index (χ4n) is 3.89. The number of thioether (sulfide) groups is 2. The van der Waals surface area contributed by atoms with Crippen molar-refractivity contribution in [3.05, 3.63) is 28.5 Å². The number of anilines is 3. The van der Waals surface area contributed by atoms with Crippen molar-refractivity contribution in [2.75, 3.05) is 28.7 Å². The van der Waals surface area contributed by atoms with Gasteiger partial charge in [0.25, 0.3) is 17.6 Å². The maximum atomic E-state index is 13.2. The second kappa shape index (κ2) is 12.2. The van der Waals surface area contributed by atoms with Gasteiger partial charge < -0.3 is 37.6 Å². The summed E-state index contributed by atoms with van der Waals surface area (Å²) in [6.45, 7) is 1.46. The van der Waals surface area contributed by atoms with Crippen molar-refractivity contribution >= 4 is 81.0 Å². The van der Waals surface area contributed by atoms with Crippen molar-refractivity contribution in [3.63, 3.8) is 0 Å². The number of oxime groups is 1. The van der Waals surface area contributed by atoms with Crippen molar-refractivity contribution in [3.8, 4) is 0 Å². The number of nitrogens with two attached hydrogens (primary N) is 3. The zero-order valence-electron chi connectivity index (χ0n) is 21.6. The number of carbonyl (C=O) groups excluding carboxylic acids is 2. The van der Waals surface area contributed by atoms with Gasteiger partial charge >= 0.3 is 17.1 Å². The van der Waals surface area contributed by atoms with Gasteiger partial charge in [-0.15, -0.1) is 23.1 Å². The number of thiazole rings is 1. The zero-order valence-corrected chi connectivity index (χ0v) is 24.1. The molecule has 2 aromatic heterocycles. The van der Waals surface area contributed by atoms with Crippen LogP contribution in [0, 0.1) is 0 Å². The Morgan fingerprint density at radius 3 is 2.68 bits per heavy atom. The molecule has 2 aromatic rings. The van der Waals surface area contributed by atoms with E-state index in [2.05, 4.69) is 20.4 Å². The highest BCUT2D eigenvalue weighted by Crippen LogP contribution is 2.41. The number of β-lactam (4-membered cyclic amide) rings is 1. The van der Waals surface area contributed by atoms with Crippen molar-refractivity contribution in [2.45, 2.75) is 36.0 Å². The molecule has 0 saturated carbocycles. The number of nitrogen functional groups attached to an aromatic ring is 3. The summed E-state index contributed by atoms with van der Waals surface area (Å²) in [5.41, 5.74) is 17.7. The van der Waals surface area contributed by atoms with Gasteiger partial charge in [0.15, 0.2) is 10.8 Å². The molecule has 4 rings (SSSR count). The lowest BCUT2D eigenvalue weighted by molar-refractivity contribution is -0.712. The highest BCUT2D eigenvalue weighted by atomic mass is 32.2. The predicted molar refractivity (Wildman–Crippen MR) is 151 cm³/mol. The molecule has 218 valence electrons. The lowest BCUT2D eigenvalue weighted by atomic mass is 10.0. The lowest BCUT2D eigenvalue weighted by Gasteiger charge is -2.49. The van der Waals surface area contributed by atoms with Gasteiger partial charge in [-0.25, -0.2) is 14.3 Å². The molecule has 0 spiro atoms. The van der Waals surface area contributed by atoms with Crippen LogP contribution in [-0.2, 0) is 31.1 Å². The molecule has 16 nitrogen and oxygen atoms in total. The molecule has 0 aliphatic carbocycles. The molecule has 0 radical (unpaired) electrons. The molecule has 4 heterocycles. The Morgan fingerprint density at radius 2 is 2.05 bits per heavy atom. The SMILES string of the molecule is CC(CC(=O)O)O/N=C(\C(=O)NC1C(=O)N2C(C(=O)O)=C(CSc3nc(N)c(N)c[n+]3C)CSC12)c1csc(N)n1. The first kappa shape index (κ1) is 29.9. The normalized spacial score (nSPS) is 19.3. The number of nitrogens with zero attached hydrogens (tertiary/aromatic N) is 5. The maximum Gasteiger partial charge on any atom is 0.361 e. The minimum absolute atomic E-state index is 0.0722. The maximum absolute atomic E-state index is 13.2. The van der Waals surface area contributed by atoms with Crippen molar-refractivity contribution in [2.24, 2.45) is 12.2 Å². The van der Waals surface area contributed by atoms with Crippen LogP contribution in [-0.4, -0.2) is 83.6 Å². The van der Waals surface area contributed by atoms with Gasteiger partial charge in [-0.2, -0.15) is 0 Å². The molecular formula is C22H26N9O7S3+. The number of aliphatic carboxylic acids is 2. The van der Waals surface area contributed by atoms with E-state index in [-0.39, 0.29) is 46.0 Å². The monoisotopic (exact) mass is 624 g/mol. The first-order valence-electron chi connectivity index (χ1n) is 11.8. The van der Waals surface area contributed by atoms with Crippen LogP contribution in [0.3, 0.4) is 0 Å². The molecule has 0 bridgehead atoms. The predicted octanol–water partition coefficient (Wildman–Crippen LogP) is -0.776. The fraction of sp³-hybridized carbons (Fsp3) is 0.364. The van der Waals surface area contributed by atoms with Crippen molar-refractivity contribution in [1.82, 2.24) is 20.2 Å². The summed E-state index contributed by atoms with van der Waals surface area (Å²) in [6.07, 6.45) is 0.379. The van der Waals surface area contributed by atoms with E-state index < -0.39 is 41.3 Å². The number of fused-ring (bicyclic) bond motifs is 1. The molecule has 2 amide bonds. The molecular weight excluding hydrogens is 598 g/mol. The standard InChI is InChI=1S/C22H25N9O7S3/c1-8(3-12(32)33)38-29-13(11-7-40-21(25)26-11)17(34)27-14-18(35)31-15(20(36)37)9(5-39-19(14)31)6-41-22-28-16(24)10(23)4-30(22)2/h4,7-8,14,19,24H,3,5-6,23H2,1-2H3,(H5,25,26,27,32,33,34,36,37)/p+1/b29-13-. The average molecular weight is 625 g/mol. The number of nitrogens with one attached hydrogen (secondary N) is 1. The Balaban J connectivity index is 1.50. The number of aromatic nitrogens is 3. The van der Waals surface area contributed by atoms with Gasteiger partial charge in [-0.3, -0.25) is 19.3 Å². The first-order valence-corrected chi connectivity index (χ1v) is 14.7. The molecule has 2 aliphatic rings. The minimum Gasteiger partial charge on any atom is -0.481 e. The first-order chi connectivity index (χ1) is 19.4. The Morgan fingerprint density at radius 1 is 1.32 bits per heavy atom. The van der Waals surface area contributed by atoms with E-state index in [1.54, 1.807) is 17.8 Å². The summed E-state index contributed by atoms with van der Waals surface area (Å²) in [7, 11) is 1.73. The van der Waals surface area contributed by atoms with E-state index in [0.717, 1.165) is 16.2 Å². The Bertz CT molecular complexity index is 1480. The Labute approximate surface area is 245 Å². The van der Waals surface area contributed by atoms with E-state index in [0.29, 0.717) is 16.4 Å². The second-order valence-electron chi connectivity index (χ2n) is 8.91. The number of carboxylic acids is 2. The highest BCUT2D eigenvalue weighted by molar-refractivity contribution is 8.01. The number of rotatable bonds is 11. The summed E-state index contributed by atoms with van der Waals surface area (Å²) in [4.78, 5) is 64.0. The number of carboxylic acid groups (broad SMARTS) is 2. The van der Waals surface area contributed by atoms with Gasteiger partial charge in [0.2, 0.25) is 0 Å². The zero-order chi connectivity index (χ0) is 30.0. The average Bonchev–Trinajstić information content (AvgIpc) is 3.33. The molecule has 2 aliphatic heterocycles. The number of aryl methyl sites for hydroxylation is 1. The topological polar surface area (TPSA) is 253 Å². The molecule has 3 unspecified atom stereocenters. The summed E-state index contributed by atoms with van der Waals surface area (Å²) in [5, 5.41) is 26.7. The minimum atomic E-state index is -1.28. The number of hydrogen-bond acceptors (Lipinski definition) is 14. The molecule has 3 atom stereocenters. The van der Waals surface area contributed by atoms with Crippen LogP contribution in [0.1, 0.15) is 19.0 Å². The van der Waals surface area contributed by atoms with Crippen LogP contribution in [0.15, 0.2) is 33.2 Å². The molecule has 1 saturated heterocycles. The molecule has 41 heavy (non-hydrogen) atoms. The lowest BCUT2D eigenvalue weighted by Crippen LogP contribution is -2.71. The molecule has 19 heteroatoms. The number of amides is 2. The van der Waals surface area contributed by atoms with Gasteiger partial charge in [0.1, 0.15) is 40.8 Å². The van der Waals surface area contributed by atoms with Gasteiger partial charge in [0, 0.05) is 16.9 Å². The van der Waals surface area contributed by atoms with Gasteiger partial charge in [0.05, 0.1) is 13.5 Å². The summed E-state index contributed by atoms with van der Waals surface area (Å²) < 4.78 is 1.66. The van der Waals surface area contributed by atoms with E-state index >= 15 is 0 Å². The largest absolute Gasteiger partial charge is 0.481 e. The van der Waals surface area contributed by atoms with Gasteiger partial charge in [-0.05, 0) is 29.2 Å². The van der Waals surface area contributed by atoms with E-state index in [9.17, 15) is 24.3 Å². The molecule has 0 aromatic carbocycles. The van der Waals surface area contributed by atoms with Crippen LogP contribution in [0.4, 0.5) is 16.6 Å². The van der Waals surface area contributed by atoms with E-state index in [1.807, 2.05) is 0 Å². The van der Waals surface area contributed by atoms with Crippen LogP contribution < -0.4 is 27.1 Å². The molecule has 1 fully saturated rings. The smallest absolute Gasteiger partial charge is 0.361 e. The third-order valence-electron chi connectivity index (χ3n) is 5.82. The summed E-state index contributed by atoms with van der Waals surface area (Å²) in [6, 6.07) is -1.05. The van der Waals surface area contributed by atoms with Crippen LogP contribution in [0.2, 0.25) is 0 Å². The number of carbonyl (C=O) groups is 4. The van der Waals surface area contributed by atoms with E-state index in [4.69, 9.17) is 27.1 Å². The highest BCUT2D eigenvalue weighted by Gasteiger charge is 2.54. The van der Waals surface area contributed by atoms with Crippen molar-refractivity contribution < 1.29 is 38.8 Å². The Hall–Kier alpha value is -4.10. The van der Waals surface area contributed by atoms with Gasteiger partial charge in [-0.1, -0.05) is 5.16 Å². The Kier molecular flexibility index (Phi) is 8.88. The summed E-state index contributed by atoms with van der Waals surface area (Å²) in [5.74, 6) is -3.18. The molecule has 9 N–H and O–H groups in total. The van der Waals surface area contributed by atoms with Crippen LogP contribution in [0.5, 0.6) is 0 Å². The summed E-state index contributed by atoms with van der Waals surface area (Å²) >= 11 is 3.58. The second-order valence-corrected chi connectivity index (χ2v) is 11.8. The van der Waals surface area contributed by atoms with E-state index in [1.165, 1.54) is 35.8 Å². The third kappa shape index (κ3) is 6.46. The van der Waals surface area contributed by atoms with Crippen LogP contribution >= 0.6 is 34.9 Å². The van der Waals surface area contributed by atoms with Crippen LogP contribution in [0.25, 0.3) is 0 Å². The van der Waals surface area contributed by atoms with Crippen molar-refractivity contribution in [1.29, 1.82) is 0 Å². The third-order valence-corrected chi connectivity index (χ3v) is 8.97.